The van der Waals surface area contributed by atoms with Crippen LogP contribution in [-0.2, 0) is 10.0 Å². The molecule has 0 radical (unpaired) electrons. The van der Waals surface area contributed by atoms with Crippen LogP contribution in [0.4, 0.5) is 5.69 Å². The number of hydrogen-bond donors (Lipinski definition) is 2. The van der Waals surface area contributed by atoms with Crippen LogP contribution in [0.1, 0.15) is 5.56 Å². The Morgan fingerprint density at radius 2 is 2.17 bits per heavy atom. The number of benzene rings is 1. The maximum absolute atomic E-state index is 11.9. The van der Waals surface area contributed by atoms with E-state index in [4.69, 9.17) is 4.74 Å². The number of nitrogens with one attached hydrogen (secondary N) is 2. The van der Waals surface area contributed by atoms with Crippen molar-refractivity contribution in [3.63, 3.8) is 0 Å². The third-order valence-corrected chi connectivity index (χ3v) is 3.72. The molecule has 0 unspecified atom stereocenters. The van der Waals surface area contributed by atoms with Crippen LogP contribution in [0.25, 0.3) is 0 Å². The lowest BCUT2D eigenvalue weighted by Crippen LogP contribution is -2.13. The van der Waals surface area contributed by atoms with Gasteiger partial charge in [-0.3, -0.25) is 4.72 Å². The van der Waals surface area contributed by atoms with E-state index in [0.717, 1.165) is 5.56 Å². The van der Waals surface area contributed by atoms with E-state index in [-0.39, 0.29) is 5.03 Å². The number of sulfonamides is 1. The summed E-state index contributed by atoms with van der Waals surface area (Å²) in [6.07, 6.45) is 2.56. The average molecular weight is 267 g/mol. The molecule has 1 heterocycles. The topological polar surface area (TPSA) is 84.1 Å². The zero-order chi connectivity index (χ0) is 13.2. The first-order valence-corrected chi connectivity index (χ1v) is 6.67. The second-order valence-corrected chi connectivity index (χ2v) is 5.36. The molecule has 0 aliphatic rings. The van der Waals surface area contributed by atoms with E-state index >= 15 is 0 Å². The fourth-order valence-corrected chi connectivity index (χ4v) is 2.50. The van der Waals surface area contributed by atoms with Gasteiger partial charge < -0.3 is 9.72 Å². The summed E-state index contributed by atoms with van der Waals surface area (Å²) in [5.41, 5.74) is 1.32. The Morgan fingerprint density at radius 3 is 2.72 bits per heavy atom. The molecule has 0 spiro atoms. The van der Waals surface area contributed by atoms with E-state index in [2.05, 4.69) is 14.7 Å². The zero-order valence-corrected chi connectivity index (χ0v) is 10.8. The van der Waals surface area contributed by atoms with Gasteiger partial charge in [-0.15, -0.1) is 0 Å². The average Bonchev–Trinajstić information content (AvgIpc) is 2.82. The van der Waals surface area contributed by atoms with Crippen molar-refractivity contribution in [2.75, 3.05) is 11.8 Å². The summed E-state index contributed by atoms with van der Waals surface area (Å²) in [6, 6.07) is 5.05. The van der Waals surface area contributed by atoms with Crippen molar-refractivity contribution in [1.29, 1.82) is 0 Å². The highest BCUT2D eigenvalue weighted by Gasteiger charge is 2.15. The van der Waals surface area contributed by atoms with Gasteiger partial charge in [-0.1, -0.05) is 0 Å². The Hall–Kier alpha value is -2.02. The first-order valence-electron chi connectivity index (χ1n) is 5.19. The normalized spacial score (nSPS) is 11.2. The molecule has 2 rings (SSSR count). The molecular formula is C11H13N3O3S. The Morgan fingerprint density at radius 1 is 1.39 bits per heavy atom. The van der Waals surface area contributed by atoms with Gasteiger partial charge in [-0.25, -0.2) is 4.98 Å². The highest BCUT2D eigenvalue weighted by molar-refractivity contribution is 7.92. The smallest absolute Gasteiger partial charge is 0.278 e. The minimum atomic E-state index is -3.62. The highest BCUT2D eigenvalue weighted by Crippen LogP contribution is 2.22. The molecule has 7 heteroatoms. The van der Waals surface area contributed by atoms with E-state index in [1.54, 1.807) is 25.3 Å². The molecular weight excluding hydrogens is 254 g/mol. The molecule has 0 aliphatic heterocycles. The lowest BCUT2D eigenvalue weighted by atomic mass is 10.2. The van der Waals surface area contributed by atoms with Crippen LogP contribution in [0.15, 0.2) is 35.7 Å². The van der Waals surface area contributed by atoms with Crippen molar-refractivity contribution >= 4 is 15.7 Å². The molecule has 0 saturated carbocycles. The van der Waals surface area contributed by atoms with Gasteiger partial charge in [0.15, 0.2) is 5.03 Å². The van der Waals surface area contributed by atoms with Gasteiger partial charge in [0, 0.05) is 5.69 Å². The van der Waals surface area contributed by atoms with E-state index in [0.29, 0.717) is 11.4 Å². The van der Waals surface area contributed by atoms with Gasteiger partial charge >= 0.3 is 0 Å². The third-order valence-electron chi connectivity index (χ3n) is 2.41. The quantitative estimate of drug-likeness (QED) is 0.879. The Balaban J connectivity index is 2.27. The number of H-pyrrole nitrogens is 1. The fraction of sp³-hybridized carbons (Fsp3) is 0.182. The van der Waals surface area contributed by atoms with E-state index in [9.17, 15) is 8.42 Å². The van der Waals surface area contributed by atoms with Crippen molar-refractivity contribution in [2.24, 2.45) is 0 Å². The molecule has 0 saturated heterocycles. The summed E-state index contributed by atoms with van der Waals surface area (Å²) >= 11 is 0. The second kappa shape index (κ2) is 4.69. The second-order valence-electron chi connectivity index (χ2n) is 3.71. The van der Waals surface area contributed by atoms with Crippen molar-refractivity contribution in [2.45, 2.75) is 11.9 Å². The molecule has 0 atom stereocenters. The minimum Gasteiger partial charge on any atom is -0.496 e. The molecule has 0 fully saturated rings. The van der Waals surface area contributed by atoms with Crippen LogP contribution >= 0.6 is 0 Å². The van der Waals surface area contributed by atoms with Crippen LogP contribution < -0.4 is 9.46 Å². The van der Waals surface area contributed by atoms with Crippen LogP contribution in [-0.4, -0.2) is 25.5 Å². The minimum absolute atomic E-state index is 0.0240. The number of aromatic nitrogens is 2. The first-order chi connectivity index (χ1) is 8.53. The summed E-state index contributed by atoms with van der Waals surface area (Å²) in [7, 11) is -2.05. The summed E-state index contributed by atoms with van der Waals surface area (Å²) in [5.74, 6) is 0.708. The molecule has 0 amide bonds. The van der Waals surface area contributed by atoms with Crippen LogP contribution in [0.5, 0.6) is 5.75 Å². The number of aromatic amines is 1. The predicted octanol–water partition coefficient (Wildman–Crippen LogP) is 1.53. The van der Waals surface area contributed by atoms with Gasteiger partial charge in [0.05, 0.1) is 19.6 Å². The standard InChI is InChI=1S/C11H13N3O3S/c1-8-5-9(3-4-10(8)17-2)14-18(15,16)11-6-12-7-13-11/h3-7,14H,1-2H3,(H,12,13). The van der Waals surface area contributed by atoms with Crippen molar-refractivity contribution in [1.82, 2.24) is 9.97 Å². The molecule has 18 heavy (non-hydrogen) atoms. The predicted molar refractivity (Wildman–Crippen MR) is 67.1 cm³/mol. The van der Waals surface area contributed by atoms with E-state index in [1.807, 2.05) is 6.92 Å². The van der Waals surface area contributed by atoms with Crippen LogP contribution in [0.2, 0.25) is 0 Å². The van der Waals surface area contributed by atoms with Gasteiger partial charge in [0.2, 0.25) is 0 Å². The maximum atomic E-state index is 11.9. The first kappa shape index (κ1) is 12.4. The number of imidazole rings is 1. The highest BCUT2D eigenvalue weighted by atomic mass is 32.2. The maximum Gasteiger partial charge on any atom is 0.278 e. The molecule has 0 bridgehead atoms. The number of nitrogens with zero attached hydrogens (tertiary/aromatic N) is 1. The number of hydrogen-bond acceptors (Lipinski definition) is 4. The van der Waals surface area contributed by atoms with Crippen molar-refractivity contribution in [3.05, 3.63) is 36.3 Å². The number of methoxy groups -OCH3 is 1. The molecule has 6 nitrogen and oxygen atoms in total. The molecule has 96 valence electrons. The summed E-state index contributed by atoms with van der Waals surface area (Å²) in [4.78, 5) is 6.23. The van der Waals surface area contributed by atoms with Gasteiger partial charge in [0.1, 0.15) is 5.75 Å². The van der Waals surface area contributed by atoms with Crippen LogP contribution in [0, 0.1) is 6.92 Å². The molecule has 2 N–H and O–H groups in total. The Bertz CT molecular complexity index is 636. The third kappa shape index (κ3) is 2.45. The number of anilines is 1. The lowest BCUT2D eigenvalue weighted by Gasteiger charge is -2.09. The summed E-state index contributed by atoms with van der Waals surface area (Å²) in [5, 5.41) is 0.0240. The largest absolute Gasteiger partial charge is 0.496 e. The van der Waals surface area contributed by atoms with Crippen molar-refractivity contribution < 1.29 is 13.2 Å². The number of rotatable bonds is 4. The van der Waals surface area contributed by atoms with E-state index < -0.39 is 10.0 Å². The monoisotopic (exact) mass is 267 g/mol. The van der Waals surface area contributed by atoms with Crippen LogP contribution in [0.3, 0.4) is 0 Å². The number of aryl methyl sites for hydroxylation is 1. The number of ether oxygens (including phenoxy) is 1. The van der Waals surface area contributed by atoms with E-state index in [1.165, 1.54) is 12.5 Å². The Labute approximate surface area is 105 Å². The molecule has 1 aromatic carbocycles. The Kier molecular flexibility index (Phi) is 3.24. The van der Waals surface area contributed by atoms with Gasteiger partial charge in [0.25, 0.3) is 10.0 Å². The van der Waals surface area contributed by atoms with Gasteiger partial charge in [-0.05, 0) is 30.7 Å². The SMILES string of the molecule is COc1ccc(NS(=O)(=O)c2cnc[nH]2)cc1C. The zero-order valence-electron chi connectivity index (χ0n) is 9.97. The summed E-state index contributed by atoms with van der Waals surface area (Å²) in [6.45, 7) is 1.84. The molecule has 1 aromatic heterocycles. The van der Waals surface area contributed by atoms with Crippen molar-refractivity contribution in [3.8, 4) is 5.75 Å². The fourth-order valence-electron chi connectivity index (χ4n) is 1.54. The molecule has 0 aliphatic carbocycles. The summed E-state index contributed by atoms with van der Waals surface area (Å²) < 4.78 is 31.4. The lowest BCUT2D eigenvalue weighted by molar-refractivity contribution is 0.412. The molecule has 2 aromatic rings. The van der Waals surface area contributed by atoms with Gasteiger partial charge in [-0.2, -0.15) is 8.42 Å².